The number of pyridine rings is 1. The van der Waals surface area contributed by atoms with Crippen molar-refractivity contribution < 1.29 is 24.1 Å². The van der Waals surface area contributed by atoms with Crippen molar-refractivity contribution in [1.82, 2.24) is 4.57 Å². The molecule has 4 rings (SSSR count). The number of ether oxygens (including phenoxy) is 1. The molecule has 2 aliphatic carbocycles. The van der Waals surface area contributed by atoms with Crippen molar-refractivity contribution in [3.05, 3.63) is 33.9 Å². The molecule has 2 fully saturated rings. The molecule has 7 nitrogen and oxygen atoms in total. The Morgan fingerprint density at radius 3 is 2.47 bits per heavy atom. The summed E-state index contributed by atoms with van der Waals surface area (Å²) < 4.78 is 22.2. The maximum absolute atomic E-state index is 14.9. The molecule has 0 atom stereocenters. The van der Waals surface area contributed by atoms with E-state index in [4.69, 9.17) is 9.84 Å². The smallest absolute Gasteiger partial charge is 0.341 e. The average Bonchev–Trinajstić information content (AvgIpc) is 3.69. The number of nitrogens with zero attached hydrogens (tertiary/aromatic N) is 2. The molecule has 0 unspecified atom stereocenters. The molecule has 0 saturated heterocycles. The Morgan fingerprint density at radius 2 is 2.03 bits per heavy atom. The van der Waals surface area contributed by atoms with Crippen LogP contribution in [-0.2, 0) is 0 Å². The third kappa shape index (κ3) is 4.90. The molecule has 1 heterocycles. The average molecular weight is 449 g/mol. The van der Waals surface area contributed by atoms with E-state index < -0.39 is 17.2 Å². The molecular formula is C24H33FN2O5. The number of aliphatic hydroxyl groups excluding tert-OH is 1. The second-order valence-corrected chi connectivity index (χ2v) is 9.20. The highest BCUT2D eigenvalue weighted by Crippen LogP contribution is 2.44. The minimum atomic E-state index is -1.31. The van der Waals surface area contributed by atoms with Gasteiger partial charge in [-0.15, -0.1) is 0 Å². The summed E-state index contributed by atoms with van der Waals surface area (Å²) in [4.78, 5) is 25.8. The fourth-order valence-electron chi connectivity index (χ4n) is 3.66. The number of anilines is 1. The van der Waals surface area contributed by atoms with E-state index in [1.54, 1.807) is 16.5 Å². The Hall–Kier alpha value is -2.61. The van der Waals surface area contributed by atoms with E-state index in [1.807, 2.05) is 0 Å². The van der Waals surface area contributed by atoms with E-state index >= 15 is 0 Å². The molecule has 0 aliphatic heterocycles. The second-order valence-electron chi connectivity index (χ2n) is 9.20. The standard InChI is InChI=1S/C19H23FN2O4.C5H10O/c1-4-5-8-21(2)16-14(20)9-12-15(18(16)26-3)22(11-6-7-11)10-13(17(12)23)19(24)25;1-5(4-6)2-3-5/h9-11H,4-8H2,1-3H3,(H,24,25);6H,2-4H2,1H3. The third-order valence-electron chi connectivity index (χ3n) is 6.29. The number of methoxy groups -OCH3 is 1. The lowest BCUT2D eigenvalue weighted by molar-refractivity contribution is 0.0694. The third-order valence-corrected chi connectivity index (χ3v) is 6.29. The molecular weight excluding hydrogens is 415 g/mol. The Bertz CT molecular complexity index is 1060. The van der Waals surface area contributed by atoms with E-state index in [-0.39, 0.29) is 22.7 Å². The quantitative estimate of drug-likeness (QED) is 0.629. The van der Waals surface area contributed by atoms with E-state index in [1.165, 1.54) is 26.1 Å². The first-order valence-electron chi connectivity index (χ1n) is 11.2. The van der Waals surface area contributed by atoms with Gasteiger partial charge in [0.05, 0.1) is 18.0 Å². The number of carbonyl (C=O) groups is 1. The molecule has 32 heavy (non-hydrogen) atoms. The van der Waals surface area contributed by atoms with Gasteiger partial charge in [0.1, 0.15) is 11.3 Å². The highest BCUT2D eigenvalue weighted by Gasteiger charge is 2.36. The first kappa shape index (κ1) is 24.0. The van der Waals surface area contributed by atoms with Crippen molar-refractivity contribution in [3.8, 4) is 5.75 Å². The van der Waals surface area contributed by atoms with E-state index in [9.17, 15) is 19.1 Å². The van der Waals surface area contributed by atoms with Crippen LogP contribution >= 0.6 is 0 Å². The van der Waals surface area contributed by atoms with Crippen LogP contribution < -0.4 is 15.1 Å². The van der Waals surface area contributed by atoms with Crippen molar-refractivity contribution >= 4 is 22.6 Å². The summed E-state index contributed by atoms with van der Waals surface area (Å²) in [5.41, 5.74) is 0.0670. The normalized spacial score (nSPS) is 16.3. The van der Waals surface area contributed by atoms with Crippen molar-refractivity contribution in [2.45, 2.75) is 58.4 Å². The monoisotopic (exact) mass is 448 g/mol. The summed E-state index contributed by atoms with van der Waals surface area (Å²) >= 11 is 0. The number of aliphatic hydroxyl groups is 1. The zero-order chi connectivity index (χ0) is 23.6. The first-order valence-corrected chi connectivity index (χ1v) is 11.2. The van der Waals surface area contributed by atoms with Crippen LogP contribution in [0.25, 0.3) is 10.9 Å². The van der Waals surface area contributed by atoms with Crippen LogP contribution in [0.15, 0.2) is 17.1 Å². The Morgan fingerprint density at radius 1 is 1.38 bits per heavy atom. The molecule has 2 aliphatic rings. The van der Waals surface area contributed by atoms with Crippen LogP contribution in [0.3, 0.4) is 0 Å². The number of carboxylic acid groups (broad SMARTS) is 1. The SMILES string of the molecule is CC1(CO)CC1.CCCCN(C)c1c(F)cc2c(=O)c(C(=O)O)cn(C3CC3)c2c1OC. The molecule has 0 spiro atoms. The Kier molecular flexibility index (Phi) is 7.12. The number of aromatic carboxylic acids is 1. The number of hydrogen-bond acceptors (Lipinski definition) is 5. The maximum Gasteiger partial charge on any atom is 0.341 e. The second kappa shape index (κ2) is 9.48. The number of rotatable bonds is 8. The van der Waals surface area contributed by atoms with E-state index in [2.05, 4.69) is 13.8 Å². The first-order chi connectivity index (χ1) is 15.2. The van der Waals surface area contributed by atoms with Gasteiger partial charge in [0.25, 0.3) is 0 Å². The minimum absolute atomic E-state index is 0.0405. The number of carboxylic acids is 1. The number of hydrogen-bond donors (Lipinski definition) is 2. The lowest BCUT2D eigenvalue weighted by Crippen LogP contribution is -2.23. The number of halogens is 1. The van der Waals surface area contributed by atoms with Crippen molar-refractivity contribution in [2.24, 2.45) is 5.41 Å². The van der Waals surface area contributed by atoms with Gasteiger partial charge in [0.15, 0.2) is 11.6 Å². The van der Waals surface area contributed by atoms with Crippen molar-refractivity contribution in [2.75, 3.05) is 32.2 Å². The van der Waals surface area contributed by atoms with E-state index in [0.717, 1.165) is 31.7 Å². The van der Waals surface area contributed by atoms with Gasteiger partial charge in [-0.1, -0.05) is 20.3 Å². The van der Waals surface area contributed by atoms with Gasteiger partial charge in [-0.25, -0.2) is 9.18 Å². The summed E-state index contributed by atoms with van der Waals surface area (Å²) in [6.45, 7) is 5.19. The number of benzene rings is 1. The van der Waals surface area contributed by atoms with Crippen LogP contribution in [0.5, 0.6) is 5.75 Å². The van der Waals surface area contributed by atoms with Gasteiger partial charge in [-0.05, 0) is 43.6 Å². The fourth-order valence-corrected chi connectivity index (χ4v) is 3.66. The molecule has 1 aromatic carbocycles. The van der Waals surface area contributed by atoms with Gasteiger partial charge in [-0.3, -0.25) is 4.79 Å². The highest BCUT2D eigenvalue weighted by molar-refractivity contribution is 5.97. The largest absolute Gasteiger partial charge is 0.492 e. The molecule has 0 amide bonds. The Balaban J connectivity index is 0.000000416. The predicted octanol–water partition coefficient (Wildman–Crippen LogP) is 4.20. The van der Waals surface area contributed by atoms with Gasteiger partial charge in [0, 0.05) is 32.4 Å². The van der Waals surface area contributed by atoms with Gasteiger partial charge in [0.2, 0.25) is 5.43 Å². The zero-order valence-corrected chi connectivity index (χ0v) is 19.3. The summed E-state index contributed by atoms with van der Waals surface area (Å²) in [6, 6.07) is 1.24. The predicted molar refractivity (Wildman–Crippen MR) is 123 cm³/mol. The molecule has 2 saturated carbocycles. The minimum Gasteiger partial charge on any atom is -0.492 e. The van der Waals surface area contributed by atoms with Crippen LogP contribution in [0.2, 0.25) is 0 Å². The Labute approximate surface area is 187 Å². The summed E-state index contributed by atoms with van der Waals surface area (Å²) in [5.74, 6) is -1.62. The lowest BCUT2D eigenvalue weighted by atomic mass is 10.1. The maximum atomic E-state index is 14.9. The van der Waals surface area contributed by atoms with Crippen LogP contribution in [0.1, 0.15) is 68.8 Å². The van der Waals surface area contributed by atoms with Crippen molar-refractivity contribution in [3.63, 3.8) is 0 Å². The number of unbranched alkanes of at least 4 members (excludes halogenated alkanes) is 1. The fraction of sp³-hybridized carbons (Fsp3) is 0.583. The van der Waals surface area contributed by atoms with E-state index in [0.29, 0.717) is 29.8 Å². The van der Waals surface area contributed by atoms with Crippen molar-refractivity contribution in [1.29, 1.82) is 0 Å². The van der Waals surface area contributed by atoms with Gasteiger partial charge >= 0.3 is 5.97 Å². The summed E-state index contributed by atoms with van der Waals surface area (Å²) in [6.07, 6.45) is 7.45. The molecule has 2 aromatic rings. The molecule has 2 N–H and O–H groups in total. The molecule has 176 valence electrons. The summed E-state index contributed by atoms with van der Waals surface area (Å²) in [5, 5.41) is 17.8. The highest BCUT2D eigenvalue weighted by atomic mass is 19.1. The molecule has 8 heteroatoms. The summed E-state index contributed by atoms with van der Waals surface area (Å²) in [7, 11) is 3.23. The van der Waals surface area contributed by atoms with Gasteiger partial charge < -0.3 is 24.4 Å². The van der Waals surface area contributed by atoms with Crippen LogP contribution in [0, 0.1) is 11.2 Å². The zero-order valence-electron chi connectivity index (χ0n) is 19.3. The number of aromatic nitrogens is 1. The topological polar surface area (TPSA) is 92.0 Å². The van der Waals surface area contributed by atoms with Gasteiger partial charge in [-0.2, -0.15) is 0 Å². The molecule has 0 radical (unpaired) electrons. The van der Waals surface area contributed by atoms with Crippen LogP contribution in [-0.4, -0.2) is 48.1 Å². The number of fused-ring (bicyclic) bond motifs is 1. The van der Waals surface area contributed by atoms with Crippen LogP contribution in [0.4, 0.5) is 10.1 Å². The molecule has 1 aromatic heterocycles. The lowest BCUT2D eigenvalue weighted by Gasteiger charge is -2.24. The molecule has 0 bridgehead atoms.